The van der Waals surface area contributed by atoms with Crippen molar-refractivity contribution in [1.29, 1.82) is 0 Å². The monoisotopic (exact) mass is 315 g/mol. The smallest absolute Gasteiger partial charge is 0.233 e. The molecule has 2 rings (SSSR count). The Hall–Kier alpha value is -0.880. The Labute approximate surface area is 115 Å². The van der Waals surface area contributed by atoms with E-state index < -0.39 is 0 Å². The second-order valence-corrected chi connectivity index (χ2v) is 5.42. The van der Waals surface area contributed by atoms with Crippen LogP contribution in [0.15, 0.2) is 10.7 Å². The van der Waals surface area contributed by atoms with Gasteiger partial charge in [-0.1, -0.05) is 0 Å². The van der Waals surface area contributed by atoms with E-state index in [0.717, 1.165) is 17.3 Å². The van der Waals surface area contributed by atoms with Gasteiger partial charge in [0.1, 0.15) is 6.10 Å². The minimum atomic E-state index is 0.139. The van der Waals surface area contributed by atoms with Crippen molar-refractivity contribution >= 4 is 21.9 Å². The minimum Gasteiger partial charge on any atom is -0.473 e. The van der Waals surface area contributed by atoms with E-state index in [0.29, 0.717) is 11.8 Å². The lowest BCUT2D eigenvalue weighted by molar-refractivity contribution is -0.0731. The fourth-order valence-corrected chi connectivity index (χ4v) is 2.44. The summed E-state index contributed by atoms with van der Waals surface area (Å²) in [4.78, 5) is 8.41. The normalized spacial score (nSPS) is 27.9. The molecule has 1 aliphatic heterocycles. The molecule has 100 valence electrons. The van der Waals surface area contributed by atoms with E-state index >= 15 is 0 Å². The molecule has 2 heterocycles. The van der Waals surface area contributed by atoms with Crippen LogP contribution in [0.25, 0.3) is 0 Å². The maximum Gasteiger partial charge on any atom is 0.233 e. The number of hydrogen-bond acceptors (Lipinski definition) is 5. The van der Waals surface area contributed by atoms with Crippen molar-refractivity contribution in [3.63, 3.8) is 0 Å². The van der Waals surface area contributed by atoms with E-state index in [2.05, 4.69) is 45.1 Å². The van der Waals surface area contributed by atoms with Crippen LogP contribution in [0.3, 0.4) is 0 Å². The molecule has 0 saturated carbocycles. The van der Waals surface area contributed by atoms with Crippen molar-refractivity contribution in [3.8, 4) is 5.88 Å². The molecule has 0 spiro atoms. The molecule has 0 amide bonds. The second kappa shape index (κ2) is 5.84. The summed E-state index contributed by atoms with van der Waals surface area (Å²) in [6.45, 7) is 4.14. The maximum atomic E-state index is 5.95. The third-order valence-corrected chi connectivity index (χ3v) is 3.41. The molecule has 1 aromatic rings. The average Bonchev–Trinajstić information content (AvgIpc) is 2.30. The molecule has 1 saturated heterocycles. The summed E-state index contributed by atoms with van der Waals surface area (Å²) in [7, 11) is 1.78. The number of nitrogens with zero attached hydrogens (tertiary/aromatic N) is 2. The van der Waals surface area contributed by atoms with Gasteiger partial charge in [0.05, 0.1) is 22.9 Å². The van der Waals surface area contributed by atoms with Crippen LogP contribution in [0.5, 0.6) is 5.88 Å². The average molecular weight is 316 g/mol. The molecular weight excluding hydrogens is 298 g/mol. The van der Waals surface area contributed by atoms with E-state index in [9.17, 15) is 0 Å². The van der Waals surface area contributed by atoms with Gasteiger partial charge >= 0.3 is 0 Å². The lowest BCUT2D eigenvalue weighted by Crippen LogP contribution is -2.36. The van der Waals surface area contributed by atoms with Crippen LogP contribution in [-0.2, 0) is 4.74 Å². The van der Waals surface area contributed by atoms with Gasteiger partial charge in [0.25, 0.3) is 0 Å². The van der Waals surface area contributed by atoms with Crippen LogP contribution in [-0.4, -0.2) is 35.3 Å². The van der Waals surface area contributed by atoms with Crippen LogP contribution in [0.4, 0.5) is 5.95 Å². The van der Waals surface area contributed by atoms with Crippen LogP contribution in [0.2, 0.25) is 0 Å². The highest BCUT2D eigenvalue weighted by atomic mass is 79.9. The lowest BCUT2D eigenvalue weighted by Gasteiger charge is -2.32. The highest BCUT2D eigenvalue weighted by Gasteiger charge is 2.26. The highest BCUT2D eigenvalue weighted by molar-refractivity contribution is 9.10. The van der Waals surface area contributed by atoms with Crippen LogP contribution in [0, 0.1) is 0 Å². The summed E-state index contributed by atoms with van der Waals surface area (Å²) in [5, 5.41) is 2.90. The molecule has 0 aliphatic carbocycles. The van der Waals surface area contributed by atoms with Gasteiger partial charge in [-0.15, -0.1) is 0 Å². The zero-order valence-electron chi connectivity index (χ0n) is 10.8. The summed E-state index contributed by atoms with van der Waals surface area (Å²) in [6, 6.07) is 0. The Kier molecular flexibility index (Phi) is 4.40. The van der Waals surface area contributed by atoms with Gasteiger partial charge in [-0.3, -0.25) is 0 Å². The molecule has 6 heteroatoms. The topological polar surface area (TPSA) is 56.3 Å². The summed E-state index contributed by atoms with van der Waals surface area (Å²) in [6.07, 6.45) is 4.05. The highest BCUT2D eigenvalue weighted by Crippen LogP contribution is 2.28. The standard InChI is InChI=1S/C12H18BrN3O2/c1-7-4-9(5-8(2)17-7)18-11-10(13)6-15-12(14-3)16-11/h6-9H,4-5H2,1-3H3,(H,14,15,16). The minimum absolute atomic E-state index is 0.139. The number of nitrogens with one attached hydrogen (secondary N) is 1. The molecule has 1 fully saturated rings. The number of ether oxygens (including phenoxy) is 2. The van der Waals surface area contributed by atoms with Crippen molar-refractivity contribution < 1.29 is 9.47 Å². The van der Waals surface area contributed by atoms with E-state index in [1.165, 1.54) is 0 Å². The summed E-state index contributed by atoms with van der Waals surface area (Å²) >= 11 is 3.41. The zero-order chi connectivity index (χ0) is 13.1. The van der Waals surface area contributed by atoms with Crippen molar-refractivity contribution in [2.24, 2.45) is 0 Å². The maximum absolute atomic E-state index is 5.95. The molecule has 0 radical (unpaired) electrons. The molecule has 2 atom stereocenters. The molecule has 0 aromatic carbocycles. The molecule has 2 unspecified atom stereocenters. The van der Waals surface area contributed by atoms with Crippen molar-refractivity contribution in [2.75, 3.05) is 12.4 Å². The Morgan fingerprint density at radius 2 is 2.06 bits per heavy atom. The van der Waals surface area contributed by atoms with E-state index in [-0.39, 0.29) is 18.3 Å². The molecule has 0 bridgehead atoms. The SMILES string of the molecule is CNc1ncc(Br)c(OC2CC(C)OC(C)C2)n1. The van der Waals surface area contributed by atoms with Gasteiger partial charge in [0, 0.05) is 19.9 Å². The molecule has 1 aromatic heterocycles. The Morgan fingerprint density at radius 1 is 1.39 bits per heavy atom. The van der Waals surface area contributed by atoms with Crippen molar-refractivity contribution in [3.05, 3.63) is 10.7 Å². The van der Waals surface area contributed by atoms with Gasteiger partial charge in [0.2, 0.25) is 11.8 Å². The molecule has 5 nitrogen and oxygen atoms in total. The largest absolute Gasteiger partial charge is 0.473 e. The third-order valence-electron chi connectivity index (χ3n) is 2.87. The predicted octanol–water partition coefficient (Wildman–Crippen LogP) is 2.62. The summed E-state index contributed by atoms with van der Waals surface area (Å²) in [5.74, 6) is 1.14. The van der Waals surface area contributed by atoms with Crippen LogP contribution >= 0.6 is 15.9 Å². The number of hydrogen-bond donors (Lipinski definition) is 1. The number of rotatable bonds is 3. The third kappa shape index (κ3) is 3.32. The Balaban J connectivity index is 2.08. The first-order chi connectivity index (χ1) is 8.58. The fraction of sp³-hybridized carbons (Fsp3) is 0.667. The Morgan fingerprint density at radius 3 is 2.67 bits per heavy atom. The summed E-state index contributed by atoms with van der Waals surface area (Å²) in [5.41, 5.74) is 0. The van der Waals surface area contributed by atoms with E-state index in [4.69, 9.17) is 9.47 Å². The molecule has 18 heavy (non-hydrogen) atoms. The lowest BCUT2D eigenvalue weighted by atomic mass is 10.0. The second-order valence-electron chi connectivity index (χ2n) is 4.57. The quantitative estimate of drug-likeness (QED) is 0.929. The van der Waals surface area contributed by atoms with Gasteiger partial charge in [-0.25, -0.2) is 4.98 Å². The van der Waals surface area contributed by atoms with Gasteiger partial charge in [-0.2, -0.15) is 4.98 Å². The Bertz CT molecular complexity index is 406. The number of halogens is 1. The van der Waals surface area contributed by atoms with E-state index in [1.54, 1.807) is 13.2 Å². The predicted molar refractivity (Wildman–Crippen MR) is 72.9 cm³/mol. The zero-order valence-corrected chi connectivity index (χ0v) is 12.4. The molecular formula is C12H18BrN3O2. The molecule has 1 aliphatic rings. The first-order valence-corrected chi connectivity index (χ1v) is 6.90. The van der Waals surface area contributed by atoms with Gasteiger partial charge in [0.15, 0.2) is 0 Å². The van der Waals surface area contributed by atoms with Gasteiger partial charge < -0.3 is 14.8 Å². The number of aromatic nitrogens is 2. The van der Waals surface area contributed by atoms with Crippen LogP contribution in [0.1, 0.15) is 26.7 Å². The fourth-order valence-electron chi connectivity index (χ4n) is 2.15. The molecule has 1 N–H and O–H groups in total. The van der Waals surface area contributed by atoms with Gasteiger partial charge in [-0.05, 0) is 29.8 Å². The van der Waals surface area contributed by atoms with Crippen LogP contribution < -0.4 is 10.1 Å². The summed E-state index contributed by atoms with van der Waals surface area (Å²) < 4.78 is 12.4. The van der Waals surface area contributed by atoms with E-state index in [1.807, 2.05) is 0 Å². The van der Waals surface area contributed by atoms with Crippen molar-refractivity contribution in [1.82, 2.24) is 9.97 Å². The first-order valence-electron chi connectivity index (χ1n) is 6.11. The van der Waals surface area contributed by atoms with Crippen molar-refractivity contribution in [2.45, 2.75) is 45.0 Å². The first kappa shape index (κ1) is 13.5. The number of anilines is 1.